The summed E-state index contributed by atoms with van der Waals surface area (Å²) in [5, 5.41) is 7.20. The SMILES string of the molecule is C=CC(=O)OCCCCCCOc1ccc(-c2ccc(OC)c(/C=N/N(CSc3ccccc3N=C)CC3CCCCC3)c2)cc1. The fourth-order valence-electron chi connectivity index (χ4n) is 5.54. The lowest BCUT2D eigenvalue weighted by molar-refractivity contribution is -0.137. The van der Waals surface area contributed by atoms with Crippen molar-refractivity contribution in [3.63, 3.8) is 0 Å². The first-order valence-electron chi connectivity index (χ1n) is 16.3. The van der Waals surface area contributed by atoms with E-state index in [1.807, 2.05) is 42.6 Å². The van der Waals surface area contributed by atoms with Gasteiger partial charge in [0.1, 0.15) is 11.5 Å². The van der Waals surface area contributed by atoms with Crippen LogP contribution in [0.25, 0.3) is 11.1 Å². The van der Waals surface area contributed by atoms with Crippen LogP contribution < -0.4 is 9.47 Å². The highest BCUT2D eigenvalue weighted by Gasteiger charge is 2.17. The quantitative estimate of drug-likeness (QED) is 0.0247. The molecule has 0 aromatic heterocycles. The molecule has 0 radical (unpaired) electrons. The number of benzene rings is 3. The number of nitrogens with zero attached hydrogens (tertiary/aromatic N) is 3. The zero-order chi connectivity index (χ0) is 32.4. The minimum absolute atomic E-state index is 0.364. The summed E-state index contributed by atoms with van der Waals surface area (Å²) in [5.41, 5.74) is 4.03. The molecule has 0 bridgehead atoms. The van der Waals surface area contributed by atoms with Crippen LogP contribution in [0, 0.1) is 5.92 Å². The van der Waals surface area contributed by atoms with E-state index < -0.39 is 0 Å². The second-order valence-electron chi connectivity index (χ2n) is 11.5. The molecule has 3 aromatic carbocycles. The van der Waals surface area contributed by atoms with Crippen LogP contribution in [0.15, 0.2) is 94.4 Å². The maximum absolute atomic E-state index is 11.1. The van der Waals surface area contributed by atoms with Crippen LogP contribution in [0.5, 0.6) is 11.5 Å². The molecule has 1 aliphatic carbocycles. The van der Waals surface area contributed by atoms with Gasteiger partial charge in [0.25, 0.3) is 0 Å². The smallest absolute Gasteiger partial charge is 0.330 e. The first-order valence-corrected chi connectivity index (χ1v) is 17.3. The molecule has 0 saturated heterocycles. The normalized spacial score (nSPS) is 13.3. The summed E-state index contributed by atoms with van der Waals surface area (Å²) in [5.74, 6) is 2.66. The molecule has 1 fully saturated rings. The van der Waals surface area contributed by atoms with Gasteiger partial charge >= 0.3 is 5.97 Å². The van der Waals surface area contributed by atoms with Gasteiger partial charge in [0, 0.05) is 23.1 Å². The predicted molar refractivity (Wildman–Crippen MR) is 191 cm³/mol. The average molecular weight is 642 g/mol. The maximum atomic E-state index is 11.1. The fraction of sp³-hybridized carbons (Fsp3) is 0.395. The van der Waals surface area contributed by atoms with Gasteiger partial charge in [-0.15, -0.1) is 11.8 Å². The van der Waals surface area contributed by atoms with Gasteiger partial charge in [-0.2, -0.15) is 5.10 Å². The van der Waals surface area contributed by atoms with Crippen molar-refractivity contribution in [3.05, 3.63) is 84.9 Å². The summed E-state index contributed by atoms with van der Waals surface area (Å²) in [6, 6.07) is 22.5. The largest absolute Gasteiger partial charge is 0.496 e. The molecular formula is C38H47N3O4S. The summed E-state index contributed by atoms with van der Waals surface area (Å²) >= 11 is 1.74. The zero-order valence-electron chi connectivity index (χ0n) is 27.1. The molecule has 4 rings (SSSR count). The van der Waals surface area contributed by atoms with Crippen molar-refractivity contribution in [1.82, 2.24) is 5.01 Å². The zero-order valence-corrected chi connectivity index (χ0v) is 27.9. The molecule has 3 aromatic rings. The van der Waals surface area contributed by atoms with Gasteiger partial charge in [-0.05, 0) is 98.7 Å². The lowest BCUT2D eigenvalue weighted by Crippen LogP contribution is -2.26. The highest BCUT2D eigenvalue weighted by molar-refractivity contribution is 7.99. The Kier molecular flexibility index (Phi) is 14.7. The Labute approximate surface area is 278 Å². The first kappa shape index (κ1) is 34.8. The Morgan fingerprint density at radius 3 is 2.43 bits per heavy atom. The highest BCUT2D eigenvalue weighted by Crippen LogP contribution is 2.32. The molecule has 1 saturated carbocycles. The number of aliphatic imine (C=N–C) groups is 1. The highest BCUT2D eigenvalue weighted by atomic mass is 32.2. The summed E-state index contributed by atoms with van der Waals surface area (Å²) < 4.78 is 16.7. The van der Waals surface area contributed by atoms with E-state index in [0.717, 1.165) is 76.9 Å². The van der Waals surface area contributed by atoms with Crippen molar-refractivity contribution in [1.29, 1.82) is 0 Å². The van der Waals surface area contributed by atoms with E-state index in [4.69, 9.17) is 19.3 Å². The number of para-hydroxylation sites is 1. The third-order valence-corrected chi connectivity index (χ3v) is 9.18. The van der Waals surface area contributed by atoms with E-state index in [1.54, 1.807) is 18.9 Å². The standard InChI is InChI=1S/C38H47N3O4S/c1-4-38(42)45-25-13-6-5-12-24-44-34-21-18-31(19-22-34)32-20-23-36(43-3)33(26-32)27-40-41(28-30-14-8-7-9-15-30)29-46-37-17-11-10-16-35(37)39-2/h4,10-11,16-23,26-27,30H,1-2,5-9,12-15,24-25,28-29H2,3H3/b40-27+. The predicted octanol–water partition coefficient (Wildman–Crippen LogP) is 9.33. The van der Waals surface area contributed by atoms with Gasteiger partial charge in [-0.25, -0.2) is 4.79 Å². The van der Waals surface area contributed by atoms with Crippen LogP contribution in [0.1, 0.15) is 63.4 Å². The third kappa shape index (κ3) is 11.4. The monoisotopic (exact) mass is 641 g/mol. The molecule has 8 heteroatoms. The van der Waals surface area contributed by atoms with Crippen molar-refractivity contribution in [3.8, 4) is 22.6 Å². The Morgan fingerprint density at radius 2 is 1.70 bits per heavy atom. The molecular weight excluding hydrogens is 595 g/mol. The number of carbonyl (C=O) groups is 1. The molecule has 46 heavy (non-hydrogen) atoms. The second-order valence-corrected chi connectivity index (χ2v) is 12.4. The lowest BCUT2D eigenvalue weighted by atomic mass is 9.89. The van der Waals surface area contributed by atoms with Crippen LogP contribution in [0.2, 0.25) is 0 Å². The molecule has 0 amide bonds. The topological polar surface area (TPSA) is 72.7 Å². The van der Waals surface area contributed by atoms with E-state index in [-0.39, 0.29) is 5.97 Å². The Bertz CT molecular complexity index is 1420. The van der Waals surface area contributed by atoms with E-state index in [9.17, 15) is 4.79 Å². The summed E-state index contributed by atoms with van der Waals surface area (Å²) in [4.78, 5) is 16.4. The van der Waals surface area contributed by atoms with E-state index in [0.29, 0.717) is 19.1 Å². The van der Waals surface area contributed by atoms with Gasteiger partial charge in [0.2, 0.25) is 0 Å². The van der Waals surface area contributed by atoms with Crippen LogP contribution in [-0.4, -0.2) is 56.7 Å². The summed E-state index contributed by atoms with van der Waals surface area (Å²) in [6.07, 6.45) is 13.4. The van der Waals surface area contributed by atoms with Gasteiger partial charge in [-0.1, -0.05) is 56.2 Å². The van der Waals surface area contributed by atoms with Crippen molar-refractivity contribution >= 4 is 36.4 Å². The van der Waals surface area contributed by atoms with Crippen molar-refractivity contribution in [2.45, 2.75) is 62.7 Å². The minimum atomic E-state index is -0.364. The van der Waals surface area contributed by atoms with Crippen LogP contribution >= 0.6 is 11.8 Å². The van der Waals surface area contributed by atoms with Gasteiger partial charge in [-0.3, -0.25) is 10.0 Å². The Balaban J connectivity index is 1.36. The molecule has 0 spiro atoms. The number of rotatable bonds is 19. The van der Waals surface area contributed by atoms with Gasteiger partial charge in [0.15, 0.2) is 0 Å². The number of hydrogen-bond acceptors (Lipinski definition) is 8. The number of carbonyl (C=O) groups excluding carboxylic acids is 1. The van der Waals surface area contributed by atoms with Crippen molar-refractivity contribution < 1.29 is 19.0 Å². The number of unbranched alkanes of at least 4 members (excludes halogenated alkanes) is 3. The lowest BCUT2D eigenvalue weighted by Gasteiger charge is -2.27. The Morgan fingerprint density at radius 1 is 0.957 bits per heavy atom. The Hall–Kier alpha value is -4.04. The van der Waals surface area contributed by atoms with Crippen molar-refractivity contribution in [2.75, 3.05) is 32.7 Å². The molecule has 1 aliphatic rings. The maximum Gasteiger partial charge on any atom is 0.330 e. The number of esters is 1. The summed E-state index contributed by atoms with van der Waals surface area (Å²) in [7, 11) is 1.70. The van der Waals surface area contributed by atoms with E-state index in [2.05, 4.69) is 53.6 Å². The first-order chi connectivity index (χ1) is 22.6. The van der Waals surface area contributed by atoms with E-state index in [1.165, 1.54) is 38.2 Å². The van der Waals surface area contributed by atoms with Crippen molar-refractivity contribution in [2.24, 2.45) is 16.0 Å². The van der Waals surface area contributed by atoms with Gasteiger partial charge in [0.05, 0.1) is 38.1 Å². The van der Waals surface area contributed by atoms with Gasteiger partial charge < -0.3 is 14.2 Å². The van der Waals surface area contributed by atoms with Crippen LogP contribution in [-0.2, 0) is 9.53 Å². The fourth-order valence-corrected chi connectivity index (χ4v) is 6.45. The van der Waals surface area contributed by atoms with E-state index >= 15 is 0 Å². The molecule has 244 valence electrons. The minimum Gasteiger partial charge on any atom is -0.496 e. The number of ether oxygens (including phenoxy) is 3. The van der Waals surface area contributed by atoms with Crippen LogP contribution in [0.3, 0.4) is 0 Å². The molecule has 0 heterocycles. The number of hydrazone groups is 1. The molecule has 0 atom stereocenters. The molecule has 0 unspecified atom stereocenters. The number of thioether (sulfide) groups is 1. The third-order valence-electron chi connectivity index (χ3n) is 8.09. The molecule has 0 aliphatic heterocycles. The second kappa shape index (κ2) is 19.5. The van der Waals surface area contributed by atoms with Crippen LogP contribution in [0.4, 0.5) is 5.69 Å². The number of hydrogen-bond donors (Lipinski definition) is 0. The molecule has 7 nitrogen and oxygen atoms in total. The number of methoxy groups -OCH3 is 1. The molecule has 0 N–H and O–H groups in total. The average Bonchev–Trinajstić information content (AvgIpc) is 3.11. The summed E-state index contributed by atoms with van der Waals surface area (Å²) in [6.45, 7) is 9.16.